The van der Waals surface area contributed by atoms with Gasteiger partial charge in [-0.1, -0.05) is 6.07 Å². The summed E-state index contributed by atoms with van der Waals surface area (Å²) in [4.78, 5) is 7.25. The molecule has 0 unspecified atom stereocenters. The number of hydrazone groups is 1. The van der Waals surface area contributed by atoms with Gasteiger partial charge in [0.05, 0.1) is 11.4 Å². The van der Waals surface area contributed by atoms with E-state index >= 15 is 0 Å². The van der Waals surface area contributed by atoms with Crippen LogP contribution >= 0.6 is 0 Å². The Labute approximate surface area is 166 Å². The molecular formula is C22H28N6. The summed E-state index contributed by atoms with van der Waals surface area (Å²) >= 11 is 0. The van der Waals surface area contributed by atoms with E-state index in [0.29, 0.717) is 0 Å². The first kappa shape index (κ1) is 18.5. The minimum absolute atomic E-state index is 0.944. The summed E-state index contributed by atoms with van der Waals surface area (Å²) < 4.78 is 1.98. The van der Waals surface area contributed by atoms with Crippen LogP contribution in [0.3, 0.4) is 0 Å². The Morgan fingerprint density at radius 2 is 1.89 bits per heavy atom. The zero-order chi connectivity index (χ0) is 19.8. The number of rotatable bonds is 5. The van der Waals surface area contributed by atoms with Gasteiger partial charge in [-0.15, -0.1) is 0 Å². The highest BCUT2D eigenvalue weighted by molar-refractivity contribution is 5.98. The van der Waals surface area contributed by atoms with Gasteiger partial charge < -0.3 is 4.90 Å². The summed E-state index contributed by atoms with van der Waals surface area (Å²) in [6.07, 6.45) is 2.97. The van der Waals surface area contributed by atoms with E-state index in [1.165, 1.54) is 11.3 Å². The van der Waals surface area contributed by atoms with Gasteiger partial charge in [0.25, 0.3) is 0 Å². The molecular weight excluding hydrogens is 348 g/mol. The van der Waals surface area contributed by atoms with Crippen molar-refractivity contribution in [1.82, 2.24) is 14.8 Å². The van der Waals surface area contributed by atoms with Crippen LogP contribution in [-0.4, -0.2) is 40.6 Å². The highest BCUT2D eigenvalue weighted by Crippen LogP contribution is 2.35. The third kappa shape index (κ3) is 3.03. The van der Waals surface area contributed by atoms with Gasteiger partial charge in [-0.3, -0.25) is 9.69 Å². The quantitative estimate of drug-likeness (QED) is 0.666. The average Bonchev–Trinajstić information content (AvgIpc) is 3.31. The van der Waals surface area contributed by atoms with Gasteiger partial charge in [0.1, 0.15) is 16.7 Å². The standard InChI is InChI=1S/C22H28N6/c1-6-27(7-2)19-14-16(4)24-21-20(25-26(5)22(19)21)18-10-9-17(13-15(18)3)28-12-8-11-23-28/h9-11,13-14H,6-8,12H2,1-5H3. The first-order valence-corrected chi connectivity index (χ1v) is 10.0. The Hall–Kier alpha value is -2.89. The highest BCUT2D eigenvalue weighted by atomic mass is 15.5. The van der Waals surface area contributed by atoms with E-state index in [1.54, 1.807) is 0 Å². The third-order valence-corrected chi connectivity index (χ3v) is 5.46. The first-order chi connectivity index (χ1) is 13.5. The molecule has 4 rings (SSSR count). The molecule has 0 aliphatic carbocycles. The van der Waals surface area contributed by atoms with Gasteiger partial charge >= 0.3 is 0 Å². The summed E-state index contributed by atoms with van der Waals surface area (Å²) in [6.45, 7) is 11.4. The molecule has 0 atom stereocenters. The predicted molar refractivity (Wildman–Crippen MR) is 117 cm³/mol. The van der Waals surface area contributed by atoms with Crippen LogP contribution in [0.15, 0.2) is 29.4 Å². The number of anilines is 2. The summed E-state index contributed by atoms with van der Waals surface area (Å²) in [5.41, 5.74) is 8.68. The maximum absolute atomic E-state index is 4.89. The molecule has 6 heteroatoms. The average molecular weight is 377 g/mol. The van der Waals surface area contributed by atoms with Crippen molar-refractivity contribution in [3.05, 3.63) is 35.5 Å². The third-order valence-electron chi connectivity index (χ3n) is 5.46. The number of fused-ring (bicyclic) bond motifs is 1. The summed E-state index contributed by atoms with van der Waals surface area (Å²) in [5.74, 6) is 0. The minimum atomic E-state index is 0.944. The molecule has 0 spiro atoms. The van der Waals surface area contributed by atoms with Crippen LogP contribution < -0.4 is 9.91 Å². The van der Waals surface area contributed by atoms with Gasteiger partial charge in [0, 0.05) is 50.6 Å². The van der Waals surface area contributed by atoms with E-state index < -0.39 is 0 Å². The van der Waals surface area contributed by atoms with Crippen LogP contribution in [-0.2, 0) is 7.05 Å². The van der Waals surface area contributed by atoms with E-state index in [0.717, 1.165) is 59.7 Å². The molecule has 2 aromatic heterocycles. The lowest BCUT2D eigenvalue weighted by molar-refractivity contribution is 0.791. The van der Waals surface area contributed by atoms with E-state index in [4.69, 9.17) is 10.1 Å². The van der Waals surface area contributed by atoms with Crippen LogP contribution in [0.4, 0.5) is 11.4 Å². The van der Waals surface area contributed by atoms with E-state index in [9.17, 15) is 0 Å². The second-order valence-corrected chi connectivity index (χ2v) is 7.33. The molecule has 146 valence electrons. The molecule has 0 N–H and O–H groups in total. The zero-order valence-electron chi connectivity index (χ0n) is 17.4. The van der Waals surface area contributed by atoms with Crippen LogP contribution in [0.2, 0.25) is 0 Å². The number of aromatic nitrogens is 3. The zero-order valence-corrected chi connectivity index (χ0v) is 17.4. The maximum Gasteiger partial charge on any atom is 0.119 e. The summed E-state index contributed by atoms with van der Waals surface area (Å²) in [6, 6.07) is 8.65. The van der Waals surface area contributed by atoms with Crippen LogP contribution in [0.25, 0.3) is 22.3 Å². The van der Waals surface area contributed by atoms with E-state index in [-0.39, 0.29) is 0 Å². The van der Waals surface area contributed by atoms with Gasteiger partial charge in [-0.2, -0.15) is 10.2 Å². The molecule has 0 saturated heterocycles. The number of nitrogens with zero attached hydrogens (tertiary/aromatic N) is 6. The minimum Gasteiger partial charge on any atom is -0.370 e. The lowest BCUT2D eigenvalue weighted by Crippen LogP contribution is -2.22. The molecule has 1 aromatic carbocycles. The molecule has 0 bridgehead atoms. The maximum atomic E-state index is 4.89. The number of aryl methyl sites for hydroxylation is 3. The molecule has 0 fully saturated rings. The fourth-order valence-corrected chi connectivity index (χ4v) is 4.03. The number of hydrogen-bond acceptors (Lipinski definition) is 5. The Bertz CT molecular complexity index is 1040. The van der Waals surface area contributed by atoms with Crippen LogP contribution in [0.5, 0.6) is 0 Å². The van der Waals surface area contributed by atoms with Crippen molar-refractivity contribution < 1.29 is 0 Å². The molecule has 1 aliphatic heterocycles. The number of hydrogen-bond donors (Lipinski definition) is 0. The van der Waals surface area contributed by atoms with Gasteiger partial charge in [0.15, 0.2) is 0 Å². The normalized spacial score (nSPS) is 13.7. The SMILES string of the molecule is CCN(CC)c1cc(C)nc2c(-c3ccc(N4CCC=N4)cc3C)nn(C)c12. The Kier molecular flexibility index (Phi) is 4.79. The number of pyridine rings is 1. The van der Waals surface area contributed by atoms with Crippen molar-refractivity contribution in [3.63, 3.8) is 0 Å². The van der Waals surface area contributed by atoms with E-state index in [2.05, 4.69) is 62.0 Å². The second kappa shape index (κ2) is 7.26. The number of benzene rings is 1. The second-order valence-electron chi connectivity index (χ2n) is 7.33. The molecule has 1 aliphatic rings. The van der Waals surface area contributed by atoms with Crippen molar-refractivity contribution in [1.29, 1.82) is 0 Å². The van der Waals surface area contributed by atoms with Crippen LogP contribution in [0.1, 0.15) is 31.5 Å². The lowest BCUT2D eigenvalue weighted by atomic mass is 10.0. The summed E-state index contributed by atoms with van der Waals surface area (Å²) in [5, 5.41) is 11.4. The fourth-order valence-electron chi connectivity index (χ4n) is 4.03. The Morgan fingerprint density at radius 1 is 1.11 bits per heavy atom. The van der Waals surface area contributed by atoms with Crippen LogP contribution in [0, 0.1) is 13.8 Å². The lowest BCUT2D eigenvalue weighted by Gasteiger charge is -2.22. The highest BCUT2D eigenvalue weighted by Gasteiger charge is 2.20. The fraction of sp³-hybridized carbons (Fsp3) is 0.409. The molecule has 3 heterocycles. The van der Waals surface area contributed by atoms with Crippen molar-refractivity contribution in [2.24, 2.45) is 12.1 Å². The topological polar surface area (TPSA) is 49.6 Å². The molecule has 0 saturated carbocycles. The Morgan fingerprint density at radius 3 is 2.54 bits per heavy atom. The van der Waals surface area contributed by atoms with Gasteiger partial charge in [0.2, 0.25) is 0 Å². The van der Waals surface area contributed by atoms with Crippen molar-refractivity contribution in [2.75, 3.05) is 29.5 Å². The molecule has 6 nitrogen and oxygen atoms in total. The molecule has 0 amide bonds. The predicted octanol–water partition coefficient (Wildman–Crippen LogP) is 4.29. The van der Waals surface area contributed by atoms with Crippen molar-refractivity contribution in [2.45, 2.75) is 34.1 Å². The smallest absolute Gasteiger partial charge is 0.119 e. The molecule has 3 aromatic rings. The van der Waals surface area contributed by atoms with Crippen molar-refractivity contribution in [3.8, 4) is 11.3 Å². The monoisotopic (exact) mass is 376 g/mol. The molecule has 0 radical (unpaired) electrons. The molecule has 28 heavy (non-hydrogen) atoms. The largest absolute Gasteiger partial charge is 0.370 e. The van der Waals surface area contributed by atoms with E-state index in [1.807, 2.05) is 23.0 Å². The van der Waals surface area contributed by atoms with Crippen molar-refractivity contribution >= 4 is 28.6 Å². The first-order valence-electron chi connectivity index (χ1n) is 10.0. The van der Waals surface area contributed by atoms with Gasteiger partial charge in [-0.05, 0) is 51.5 Å². The summed E-state index contributed by atoms with van der Waals surface area (Å²) in [7, 11) is 2.01. The van der Waals surface area contributed by atoms with Gasteiger partial charge in [-0.25, -0.2) is 4.98 Å². The Balaban J connectivity index is 1.87.